The van der Waals surface area contributed by atoms with Crippen LogP contribution in [-0.2, 0) is 11.3 Å². The van der Waals surface area contributed by atoms with Gasteiger partial charge in [0.15, 0.2) is 5.76 Å². The van der Waals surface area contributed by atoms with Crippen molar-refractivity contribution in [2.45, 2.75) is 20.4 Å². The van der Waals surface area contributed by atoms with Crippen molar-refractivity contribution in [2.75, 3.05) is 33.2 Å². The zero-order chi connectivity index (χ0) is 27.0. The summed E-state index contributed by atoms with van der Waals surface area (Å²) in [5.74, 6) is 1.04. The predicted octanol–water partition coefficient (Wildman–Crippen LogP) is 4.67. The summed E-state index contributed by atoms with van der Waals surface area (Å²) >= 11 is 0. The first-order valence-electron chi connectivity index (χ1n) is 12.1. The molecular formula is C28H29N5O5. The number of carbonyl (C=O) groups excluding carboxylic acids is 2. The average molecular weight is 516 g/mol. The summed E-state index contributed by atoms with van der Waals surface area (Å²) in [5, 5.41) is 10.8. The van der Waals surface area contributed by atoms with E-state index in [1.807, 2.05) is 36.7 Å². The lowest BCUT2D eigenvalue weighted by atomic mass is 10.0. The van der Waals surface area contributed by atoms with Gasteiger partial charge in [-0.2, -0.15) is 5.10 Å². The maximum atomic E-state index is 13.4. The summed E-state index contributed by atoms with van der Waals surface area (Å²) in [6.45, 7) is 5.14. The van der Waals surface area contributed by atoms with Crippen LogP contribution in [-0.4, -0.2) is 54.5 Å². The van der Waals surface area contributed by atoms with Crippen molar-refractivity contribution in [1.29, 1.82) is 0 Å². The van der Waals surface area contributed by atoms with Crippen LogP contribution in [0.25, 0.3) is 28.2 Å². The summed E-state index contributed by atoms with van der Waals surface area (Å²) in [6, 6.07) is 10.4. The number of aromatic amines is 1. The number of hydrogen-bond acceptors (Lipinski definition) is 6. The lowest BCUT2D eigenvalue weighted by Gasteiger charge is -2.06. The topological polar surface area (TPSA) is 120 Å². The number of benzene rings is 2. The van der Waals surface area contributed by atoms with E-state index in [0.29, 0.717) is 35.9 Å². The molecule has 0 spiro atoms. The highest BCUT2D eigenvalue weighted by Gasteiger charge is 2.29. The highest BCUT2D eigenvalue weighted by Crippen LogP contribution is 2.39. The molecule has 0 saturated heterocycles. The molecule has 10 heteroatoms. The number of Topliss-reactive ketones (excluding diaryl/α,β-unsaturated/α-hetero) is 1. The molecule has 38 heavy (non-hydrogen) atoms. The van der Waals surface area contributed by atoms with Gasteiger partial charge in [0.1, 0.15) is 11.5 Å². The van der Waals surface area contributed by atoms with Gasteiger partial charge in [-0.1, -0.05) is 0 Å². The molecule has 3 N–H and O–H groups in total. The fourth-order valence-electron chi connectivity index (χ4n) is 4.71. The number of fused-ring (bicyclic) bond motifs is 2. The molecule has 0 atom stereocenters. The van der Waals surface area contributed by atoms with Crippen molar-refractivity contribution in [3.63, 3.8) is 0 Å². The fraction of sp³-hybridized carbons (Fsp3) is 0.250. The van der Waals surface area contributed by atoms with Crippen LogP contribution in [0.2, 0.25) is 0 Å². The van der Waals surface area contributed by atoms with Crippen LogP contribution in [0, 0.1) is 13.8 Å². The molecule has 2 aromatic heterocycles. The lowest BCUT2D eigenvalue weighted by molar-refractivity contribution is 0.101. The first-order chi connectivity index (χ1) is 18.3. The van der Waals surface area contributed by atoms with Crippen molar-refractivity contribution in [1.82, 2.24) is 20.1 Å². The fourth-order valence-corrected chi connectivity index (χ4v) is 4.71. The summed E-state index contributed by atoms with van der Waals surface area (Å²) < 4.78 is 18.6. The number of nitrogens with one attached hydrogen (secondary N) is 3. The molecule has 10 nitrogen and oxygen atoms in total. The second-order valence-electron chi connectivity index (χ2n) is 8.94. The molecule has 2 aromatic carbocycles. The van der Waals surface area contributed by atoms with Gasteiger partial charge in [0, 0.05) is 47.6 Å². The highest BCUT2D eigenvalue weighted by molar-refractivity contribution is 6.16. The third kappa shape index (κ3) is 4.39. The predicted molar refractivity (Wildman–Crippen MR) is 145 cm³/mol. The number of allylic oxidation sites excluding steroid dienone is 1. The van der Waals surface area contributed by atoms with Gasteiger partial charge < -0.3 is 29.8 Å². The number of methoxy groups -OCH3 is 2. The van der Waals surface area contributed by atoms with E-state index in [1.165, 1.54) is 7.05 Å². The maximum absolute atomic E-state index is 13.4. The number of aromatic nitrogens is 3. The van der Waals surface area contributed by atoms with Crippen molar-refractivity contribution in [2.24, 2.45) is 0 Å². The number of nitrogens with zero attached hydrogens (tertiary/aromatic N) is 2. The van der Waals surface area contributed by atoms with Gasteiger partial charge >= 0.3 is 6.03 Å². The van der Waals surface area contributed by atoms with Crippen LogP contribution in [0.5, 0.6) is 11.5 Å². The Kier molecular flexibility index (Phi) is 6.64. The summed E-state index contributed by atoms with van der Waals surface area (Å²) in [5.41, 5.74) is 6.15. The van der Waals surface area contributed by atoms with E-state index in [2.05, 4.69) is 15.6 Å². The molecule has 0 saturated carbocycles. The van der Waals surface area contributed by atoms with Gasteiger partial charge in [-0.05, 0) is 56.3 Å². The molecule has 196 valence electrons. The first kappa shape index (κ1) is 25.1. The van der Waals surface area contributed by atoms with Crippen molar-refractivity contribution >= 4 is 34.5 Å². The largest absolute Gasteiger partial charge is 0.497 e. The van der Waals surface area contributed by atoms with Gasteiger partial charge in [-0.15, -0.1) is 0 Å². The number of ketones is 1. The van der Waals surface area contributed by atoms with E-state index < -0.39 is 0 Å². The molecule has 4 aromatic rings. The van der Waals surface area contributed by atoms with Crippen LogP contribution in [0.4, 0.5) is 10.5 Å². The Hall–Kier alpha value is -4.57. The summed E-state index contributed by atoms with van der Waals surface area (Å²) in [6.07, 6.45) is 1.76. The van der Waals surface area contributed by atoms with Crippen LogP contribution in [0.3, 0.4) is 0 Å². The zero-order valence-electron chi connectivity index (χ0n) is 21.9. The van der Waals surface area contributed by atoms with Crippen molar-refractivity contribution < 1.29 is 23.8 Å². The SMILES string of the molecule is CNC(=O)Nc1ccc2c(c1)C(=O)C(=Cc1c(-c3c(C)nn(CCOC)c3C)[nH]c3ccc(OC)cc13)O2. The molecule has 0 unspecified atom stereocenters. The van der Waals surface area contributed by atoms with Gasteiger partial charge in [-0.3, -0.25) is 9.48 Å². The zero-order valence-corrected chi connectivity index (χ0v) is 21.9. The Morgan fingerprint density at radius 3 is 2.74 bits per heavy atom. The maximum Gasteiger partial charge on any atom is 0.318 e. The van der Waals surface area contributed by atoms with Crippen LogP contribution >= 0.6 is 0 Å². The third-order valence-corrected chi connectivity index (χ3v) is 6.61. The number of anilines is 1. The van der Waals surface area contributed by atoms with Crippen LogP contribution < -0.4 is 20.1 Å². The number of urea groups is 1. The van der Waals surface area contributed by atoms with E-state index in [-0.39, 0.29) is 17.6 Å². The minimum absolute atomic E-state index is 0.184. The third-order valence-electron chi connectivity index (χ3n) is 6.61. The number of amides is 2. The Bertz CT molecular complexity index is 1600. The van der Waals surface area contributed by atoms with Gasteiger partial charge in [0.05, 0.1) is 37.2 Å². The number of ether oxygens (including phenoxy) is 3. The number of rotatable bonds is 7. The molecule has 1 aliphatic heterocycles. The summed E-state index contributed by atoms with van der Waals surface area (Å²) in [4.78, 5) is 28.7. The first-order valence-corrected chi connectivity index (χ1v) is 12.1. The molecule has 0 fully saturated rings. The average Bonchev–Trinajstić information content (AvgIpc) is 3.52. The van der Waals surface area contributed by atoms with Gasteiger partial charge in [-0.25, -0.2) is 4.79 Å². The van der Waals surface area contributed by atoms with E-state index in [0.717, 1.165) is 39.1 Å². The van der Waals surface area contributed by atoms with Crippen LogP contribution in [0.15, 0.2) is 42.2 Å². The van der Waals surface area contributed by atoms with Gasteiger partial charge in [0.2, 0.25) is 5.78 Å². The number of carbonyl (C=O) groups is 2. The molecule has 1 aliphatic rings. The second-order valence-corrected chi connectivity index (χ2v) is 8.94. The molecule has 3 heterocycles. The minimum atomic E-state index is -0.374. The van der Waals surface area contributed by atoms with Gasteiger partial charge in [0.25, 0.3) is 0 Å². The highest BCUT2D eigenvalue weighted by atomic mass is 16.5. The Balaban J connectivity index is 1.63. The monoisotopic (exact) mass is 515 g/mol. The quantitative estimate of drug-likeness (QED) is 0.308. The second kappa shape index (κ2) is 10.1. The molecular weight excluding hydrogens is 486 g/mol. The number of hydrogen-bond donors (Lipinski definition) is 3. The minimum Gasteiger partial charge on any atom is -0.497 e. The van der Waals surface area contributed by atoms with E-state index in [9.17, 15) is 9.59 Å². The molecule has 0 radical (unpaired) electrons. The smallest absolute Gasteiger partial charge is 0.318 e. The summed E-state index contributed by atoms with van der Waals surface area (Å²) in [7, 11) is 4.80. The van der Waals surface area contributed by atoms with E-state index in [4.69, 9.17) is 19.3 Å². The normalized spacial score (nSPS) is 13.6. The van der Waals surface area contributed by atoms with E-state index in [1.54, 1.807) is 38.5 Å². The number of aryl methyl sites for hydroxylation is 1. The standard InChI is InChI=1S/C28H29N5O5/c1-15-25(16(2)33(32-15)10-11-36-4)26-20(19-13-18(37-5)7-8-22(19)31-26)14-24-27(34)21-12-17(30-28(35)29-3)6-9-23(21)38-24/h6-9,12-14,31H,10-11H2,1-5H3,(H2,29,30,35). The van der Waals surface area contributed by atoms with Crippen molar-refractivity contribution in [3.05, 3.63) is 64.7 Å². The Morgan fingerprint density at radius 1 is 1.18 bits per heavy atom. The number of H-pyrrole nitrogens is 1. The Labute approximate surface area is 219 Å². The van der Waals surface area contributed by atoms with E-state index >= 15 is 0 Å². The lowest BCUT2D eigenvalue weighted by Crippen LogP contribution is -2.24. The molecule has 2 amide bonds. The molecule has 0 aliphatic carbocycles. The van der Waals surface area contributed by atoms with Crippen LogP contribution in [0.1, 0.15) is 27.3 Å². The Morgan fingerprint density at radius 2 is 2.00 bits per heavy atom. The molecule has 5 rings (SSSR count). The molecule has 0 bridgehead atoms. The van der Waals surface area contributed by atoms with Crippen molar-refractivity contribution in [3.8, 4) is 22.8 Å².